The number of aromatic amines is 1. The van der Waals surface area contributed by atoms with Crippen LogP contribution in [0.2, 0.25) is 0 Å². The second-order valence-electron chi connectivity index (χ2n) is 5.65. The van der Waals surface area contributed by atoms with Gasteiger partial charge in [-0.05, 0) is 36.4 Å². The van der Waals surface area contributed by atoms with E-state index in [1.54, 1.807) is 0 Å². The predicted octanol–water partition coefficient (Wildman–Crippen LogP) is 2.17. The summed E-state index contributed by atoms with van der Waals surface area (Å²) in [5, 5.41) is 0. The molecule has 0 saturated heterocycles. The zero-order valence-electron chi connectivity index (χ0n) is 14.1. The van der Waals surface area contributed by atoms with Crippen molar-refractivity contribution in [3.8, 4) is 17.2 Å². The summed E-state index contributed by atoms with van der Waals surface area (Å²) >= 11 is 0. The van der Waals surface area contributed by atoms with Crippen LogP contribution in [0, 0.1) is 5.82 Å². The Morgan fingerprint density at radius 3 is 2.18 bits per heavy atom. The van der Waals surface area contributed by atoms with Gasteiger partial charge in [0.25, 0.3) is 0 Å². The number of benzene rings is 2. The molecular weight excluding hydrogens is 386 g/mol. The number of nitrogens with zero attached hydrogens (tertiary/aromatic N) is 2. The van der Waals surface area contributed by atoms with Crippen molar-refractivity contribution in [3.05, 3.63) is 85.3 Å². The molecule has 11 heteroatoms. The first kappa shape index (κ1) is 19.1. The van der Waals surface area contributed by atoms with Crippen molar-refractivity contribution >= 4 is 0 Å². The third-order valence-corrected chi connectivity index (χ3v) is 3.78. The molecule has 28 heavy (non-hydrogen) atoms. The minimum atomic E-state index is -4.51. The van der Waals surface area contributed by atoms with E-state index in [1.807, 2.05) is 4.98 Å². The number of halogens is 4. The largest absolute Gasteiger partial charge is 0.454 e. The minimum Gasteiger partial charge on any atom is -0.454 e. The Hall–Kier alpha value is -3.63. The molecule has 3 aromatic rings. The monoisotopic (exact) mass is 397 g/mol. The van der Waals surface area contributed by atoms with Gasteiger partial charge in [-0.1, -0.05) is 0 Å². The summed E-state index contributed by atoms with van der Waals surface area (Å²) in [4.78, 5) is 37.2. The number of H-pyrrole nitrogens is 1. The maximum absolute atomic E-state index is 14.3. The summed E-state index contributed by atoms with van der Waals surface area (Å²) in [6, 6.07) is 6.72. The van der Waals surface area contributed by atoms with Crippen LogP contribution in [0.25, 0.3) is 5.69 Å². The maximum atomic E-state index is 14.3. The highest BCUT2D eigenvalue weighted by molar-refractivity contribution is 5.41. The fraction of sp³-hybridized carbons (Fsp3) is 0.118. The van der Waals surface area contributed by atoms with Gasteiger partial charge in [0.2, 0.25) is 0 Å². The smallest absolute Gasteiger partial charge is 0.416 e. The second-order valence-corrected chi connectivity index (χ2v) is 5.65. The average molecular weight is 397 g/mol. The van der Waals surface area contributed by atoms with Gasteiger partial charge in [-0.3, -0.25) is 4.98 Å². The summed E-state index contributed by atoms with van der Waals surface area (Å²) in [6.45, 7) is 0. The van der Waals surface area contributed by atoms with E-state index in [9.17, 15) is 31.9 Å². The van der Waals surface area contributed by atoms with Crippen LogP contribution in [0.3, 0.4) is 0 Å². The zero-order chi connectivity index (χ0) is 20.6. The molecule has 0 amide bonds. The van der Waals surface area contributed by atoms with Gasteiger partial charge in [-0.25, -0.2) is 27.9 Å². The normalized spacial score (nSPS) is 11.5. The van der Waals surface area contributed by atoms with Crippen molar-refractivity contribution in [1.82, 2.24) is 14.1 Å². The molecular formula is C17H11F4N3O4. The van der Waals surface area contributed by atoms with Crippen LogP contribution >= 0.6 is 0 Å². The molecule has 1 aromatic heterocycles. The molecule has 7 nitrogen and oxygen atoms in total. The summed E-state index contributed by atoms with van der Waals surface area (Å²) in [7, 11) is 1.13. The summed E-state index contributed by atoms with van der Waals surface area (Å²) in [5.74, 6) is -1.35. The van der Waals surface area contributed by atoms with Gasteiger partial charge < -0.3 is 4.74 Å². The van der Waals surface area contributed by atoms with Crippen LogP contribution in [0.4, 0.5) is 17.6 Å². The Kier molecular flexibility index (Phi) is 4.67. The van der Waals surface area contributed by atoms with Crippen molar-refractivity contribution in [2.24, 2.45) is 7.05 Å². The van der Waals surface area contributed by atoms with Crippen LogP contribution < -0.4 is 21.8 Å². The van der Waals surface area contributed by atoms with Gasteiger partial charge in [-0.15, -0.1) is 0 Å². The van der Waals surface area contributed by atoms with Crippen LogP contribution in [0.5, 0.6) is 11.5 Å². The number of rotatable bonds is 3. The van der Waals surface area contributed by atoms with Crippen LogP contribution in [0.1, 0.15) is 5.56 Å². The Labute approximate surface area is 153 Å². The number of aromatic nitrogens is 3. The molecule has 0 fully saturated rings. The number of hydrogen-bond donors (Lipinski definition) is 1. The SMILES string of the molecule is Cn1c(=O)[nH]c(=O)n(-c2ccc(Oc3ccc(C(F)(F)F)cc3)c(F)c2)c1=O. The molecule has 0 saturated carbocycles. The third kappa shape index (κ3) is 3.59. The Morgan fingerprint density at radius 2 is 1.61 bits per heavy atom. The fourth-order valence-electron chi connectivity index (χ4n) is 2.33. The minimum absolute atomic E-state index is 0.0447. The molecule has 2 aromatic carbocycles. The molecule has 0 aliphatic heterocycles. The van der Waals surface area contributed by atoms with E-state index in [0.29, 0.717) is 9.13 Å². The highest BCUT2D eigenvalue weighted by Gasteiger charge is 2.30. The highest BCUT2D eigenvalue weighted by Crippen LogP contribution is 2.32. The Morgan fingerprint density at radius 1 is 0.964 bits per heavy atom. The summed E-state index contributed by atoms with van der Waals surface area (Å²) in [5.41, 5.74) is -4.01. The summed E-state index contributed by atoms with van der Waals surface area (Å²) in [6.07, 6.45) is -4.51. The first-order valence-corrected chi connectivity index (χ1v) is 7.65. The van der Waals surface area contributed by atoms with Gasteiger partial charge in [0.15, 0.2) is 11.6 Å². The van der Waals surface area contributed by atoms with E-state index in [4.69, 9.17) is 4.74 Å². The topological polar surface area (TPSA) is 86.1 Å². The van der Waals surface area contributed by atoms with Gasteiger partial charge in [0.05, 0.1) is 11.3 Å². The Balaban J connectivity index is 1.94. The molecule has 0 unspecified atom stereocenters. The van der Waals surface area contributed by atoms with E-state index in [0.717, 1.165) is 43.4 Å². The number of hydrogen-bond acceptors (Lipinski definition) is 4. The molecule has 146 valence electrons. The average Bonchev–Trinajstić information content (AvgIpc) is 2.62. The van der Waals surface area contributed by atoms with E-state index in [-0.39, 0.29) is 17.2 Å². The molecule has 0 spiro atoms. The molecule has 0 aliphatic rings. The molecule has 1 heterocycles. The standard InChI is InChI=1S/C17H11F4N3O4/c1-23-14(25)22-15(26)24(16(23)27)10-4-7-13(12(18)8-10)28-11-5-2-9(3-6-11)17(19,20)21/h2-8H,1H3,(H,22,25,26). The highest BCUT2D eigenvalue weighted by atomic mass is 19.4. The van der Waals surface area contributed by atoms with Gasteiger partial charge in [0, 0.05) is 13.1 Å². The predicted molar refractivity (Wildman–Crippen MR) is 89.4 cm³/mol. The van der Waals surface area contributed by atoms with Gasteiger partial charge >= 0.3 is 23.2 Å². The van der Waals surface area contributed by atoms with E-state index in [1.165, 1.54) is 6.07 Å². The second kappa shape index (κ2) is 6.83. The number of nitrogens with one attached hydrogen (secondary N) is 1. The summed E-state index contributed by atoms with van der Waals surface area (Å²) < 4.78 is 58.4. The van der Waals surface area contributed by atoms with Gasteiger partial charge in [0.1, 0.15) is 5.75 Å². The number of ether oxygens (including phenoxy) is 1. The molecule has 0 bridgehead atoms. The third-order valence-electron chi connectivity index (χ3n) is 3.78. The lowest BCUT2D eigenvalue weighted by molar-refractivity contribution is -0.137. The zero-order valence-corrected chi connectivity index (χ0v) is 14.1. The van der Waals surface area contributed by atoms with Crippen molar-refractivity contribution in [3.63, 3.8) is 0 Å². The van der Waals surface area contributed by atoms with Crippen LogP contribution in [-0.2, 0) is 13.2 Å². The first-order valence-electron chi connectivity index (χ1n) is 7.65. The molecule has 1 N–H and O–H groups in total. The first-order chi connectivity index (χ1) is 13.1. The van der Waals surface area contributed by atoms with Crippen molar-refractivity contribution in [2.75, 3.05) is 0 Å². The maximum Gasteiger partial charge on any atom is 0.416 e. The molecule has 0 radical (unpaired) electrons. The molecule has 0 atom stereocenters. The Bertz CT molecular complexity index is 1210. The lowest BCUT2D eigenvalue weighted by atomic mass is 10.2. The fourth-order valence-corrected chi connectivity index (χ4v) is 2.33. The van der Waals surface area contributed by atoms with Gasteiger partial charge in [-0.2, -0.15) is 13.2 Å². The van der Waals surface area contributed by atoms with Crippen molar-refractivity contribution < 1.29 is 22.3 Å². The van der Waals surface area contributed by atoms with Crippen LogP contribution in [0.15, 0.2) is 56.8 Å². The lowest BCUT2D eigenvalue weighted by Gasteiger charge is -2.11. The lowest BCUT2D eigenvalue weighted by Crippen LogP contribution is -2.47. The number of alkyl halides is 3. The van der Waals surface area contributed by atoms with Crippen molar-refractivity contribution in [1.29, 1.82) is 0 Å². The van der Waals surface area contributed by atoms with E-state index >= 15 is 0 Å². The molecule has 3 rings (SSSR count). The quantitative estimate of drug-likeness (QED) is 0.687. The van der Waals surface area contributed by atoms with E-state index in [2.05, 4.69) is 0 Å². The van der Waals surface area contributed by atoms with E-state index < -0.39 is 34.6 Å². The van der Waals surface area contributed by atoms with Crippen molar-refractivity contribution in [2.45, 2.75) is 6.18 Å². The molecule has 0 aliphatic carbocycles. The van der Waals surface area contributed by atoms with Crippen LogP contribution in [-0.4, -0.2) is 14.1 Å².